The lowest BCUT2D eigenvalue weighted by Crippen LogP contribution is -2.31. The summed E-state index contributed by atoms with van der Waals surface area (Å²) in [5.74, 6) is 1.33. The van der Waals surface area contributed by atoms with Crippen molar-refractivity contribution in [2.45, 2.75) is 25.8 Å². The van der Waals surface area contributed by atoms with E-state index in [2.05, 4.69) is 32.4 Å². The van der Waals surface area contributed by atoms with Gasteiger partial charge >= 0.3 is 0 Å². The SMILES string of the molecule is CC(Nc1nc(Cl)nc2[nH]ncc12)C1CCOCC1. The van der Waals surface area contributed by atoms with Gasteiger partial charge in [-0.05, 0) is 37.3 Å². The fourth-order valence-electron chi connectivity index (χ4n) is 2.47. The van der Waals surface area contributed by atoms with E-state index >= 15 is 0 Å². The zero-order chi connectivity index (χ0) is 13.2. The molecule has 0 saturated carbocycles. The van der Waals surface area contributed by atoms with Crippen molar-refractivity contribution in [1.82, 2.24) is 20.2 Å². The van der Waals surface area contributed by atoms with Crippen molar-refractivity contribution < 1.29 is 4.74 Å². The summed E-state index contributed by atoms with van der Waals surface area (Å²) >= 11 is 5.92. The fraction of sp³-hybridized carbons (Fsp3) is 0.583. The van der Waals surface area contributed by atoms with Crippen LogP contribution in [-0.4, -0.2) is 39.4 Å². The lowest BCUT2D eigenvalue weighted by molar-refractivity contribution is 0.0622. The third-order valence-electron chi connectivity index (χ3n) is 3.62. The van der Waals surface area contributed by atoms with Gasteiger partial charge in [0.15, 0.2) is 5.65 Å². The average Bonchev–Trinajstić information content (AvgIpc) is 2.88. The molecule has 1 aliphatic heterocycles. The van der Waals surface area contributed by atoms with Crippen molar-refractivity contribution in [2.75, 3.05) is 18.5 Å². The monoisotopic (exact) mass is 281 g/mol. The van der Waals surface area contributed by atoms with Crippen molar-refractivity contribution in [1.29, 1.82) is 0 Å². The van der Waals surface area contributed by atoms with Crippen LogP contribution in [-0.2, 0) is 4.74 Å². The van der Waals surface area contributed by atoms with Crippen LogP contribution in [0.5, 0.6) is 0 Å². The molecule has 0 bridgehead atoms. The molecule has 1 fully saturated rings. The molecule has 0 aromatic carbocycles. The van der Waals surface area contributed by atoms with E-state index in [1.54, 1.807) is 6.20 Å². The molecule has 6 nitrogen and oxygen atoms in total. The quantitative estimate of drug-likeness (QED) is 0.844. The standard InChI is InChI=1S/C12H16ClN5O/c1-7(8-2-4-19-5-3-8)15-10-9-6-14-18-11(9)17-12(13)16-10/h6-8H,2-5H2,1H3,(H2,14,15,16,17,18). The largest absolute Gasteiger partial charge is 0.381 e. The zero-order valence-corrected chi connectivity index (χ0v) is 11.4. The van der Waals surface area contributed by atoms with E-state index in [1.165, 1.54) is 0 Å². The number of ether oxygens (including phenoxy) is 1. The van der Waals surface area contributed by atoms with E-state index in [0.29, 0.717) is 17.6 Å². The van der Waals surface area contributed by atoms with Gasteiger partial charge in [0.1, 0.15) is 5.82 Å². The van der Waals surface area contributed by atoms with Crippen LogP contribution in [0.3, 0.4) is 0 Å². The summed E-state index contributed by atoms with van der Waals surface area (Å²) in [7, 11) is 0. The number of nitrogens with zero attached hydrogens (tertiary/aromatic N) is 3. The molecule has 0 radical (unpaired) electrons. The van der Waals surface area contributed by atoms with Gasteiger partial charge < -0.3 is 10.1 Å². The molecule has 3 heterocycles. The molecular formula is C12H16ClN5O. The van der Waals surface area contributed by atoms with Crippen LogP contribution in [0, 0.1) is 5.92 Å². The van der Waals surface area contributed by atoms with E-state index in [0.717, 1.165) is 37.3 Å². The van der Waals surface area contributed by atoms with Gasteiger partial charge in [-0.3, -0.25) is 5.10 Å². The molecule has 2 N–H and O–H groups in total. The van der Waals surface area contributed by atoms with Crippen LogP contribution in [0.15, 0.2) is 6.20 Å². The number of nitrogens with one attached hydrogen (secondary N) is 2. The van der Waals surface area contributed by atoms with Gasteiger partial charge in [0.2, 0.25) is 5.28 Å². The van der Waals surface area contributed by atoms with Crippen molar-refractivity contribution in [2.24, 2.45) is 5.92 Å². The first-order valence-electron chi connectivity index (χ1n) is 6.45. The third-order valence-corrected chi connectivity index (χ3v) is 3.79. The summed E-state index contributed by atoms with van der Waals surface area (Å²) in [5.41, 5.74) is 0.654. The van der Waals surface area contributed by atoms with Crippen molar-refractivity contribution in [3.63, 3.8) is 0 Å². The van der Waals surface area contributed by atoms with Crippen LogP contribution in [0.2, 0.25) is 5.28 Å². The Hall–Kier alpha value is -1.40. The van der Waals surface area contributed by atoms with Gasteiger partial charge in [-0.15, -0.1) is 0 Å². The van der Waals surface area contributed by atoms with Crippen molar-refractivity contribution in [3.8, 4) is 0 Å². The topological polar surface area (TPSA) is 75.7 Å². The second kappa shape index (κ2) is 5.30. The van der Waals surface area contributed by atoms with Crippen LogP contribution in [0.25, 0.3) is 11.0 Å². The maximum atomic E-state index is 5.92. The van der Waals surface area contributed by atoms with Gasteiger partial charge in [-0.2, -0.15) is 15.1 Å². The third kappa shape index (κ3) is 2.64. The van der Waals surface area contributed by atoms with E-state index in [1.807, 2.05) is 0 Å². The molecule has 0 spiro atoms. The highest BCUT2D eigenvalue weighted by molar-refractivity contribution is 6.28. The maximum Gasteiger partial charge on any atom is 0.226 e. The van der Waals surface area contributed by atoms with Crippen LogP contribution in [0.4, 0.5) is 5.82 Å². The molecule has 0 amide bonds. The second-order valence-electron chi connectivity index (χ2n) is 4.86. The van der Waals surface area contributed by atoms with Gasteiger partial charge in [0, 0.05) is 19.3 Å². The number of hydrogen-bond donors (Lipinski definition) is 2. The van der Waals surface area contributed by atoms with E-state index in [-0.39, 0.29) is 5.28 Å². The Labute approximate surface area is 115 Å². The number of anilines is 1. The van der Waals surface area contributed by atoms with E-state index in [9.17, 15) is 0 Å². The summed E-state index contributed by atoms with van der Waals surface area (Å²) in [6, 6.07) is 0.313. The first-order valence-corrected chi connectivity index (χ1v) is 6.83. The second-order valence-corrected chi connectivity index (χ2v) is 5.19. The summed E-state index contributed by atoms with van der Waals surface area (Å²) in [5, 5.41) is 11.3. The Kier molecular flexibility index (Phi) is 3.52. The average molecular weight is 282 g/mol. The molecular weight excluding hydrogens is 266 g/mol. The smallest absolute Gasteiger partial charge is 0.226 e. The first kappa shape index (κ1) is 12.6. The van der Waals surface area contributed by atoms with Gasteiger partial charge in [-0.25, -0.2) is 0 Å². The predicted molar refractivity (Wildman–Crippen MR) is 73.3 cm³/mol. The Morgan fingerprint density at radius 1 is 1.42 bits per heavy atom. The number of H-pyrrole nitrogens is 1. The lowest BCUT2D eigenvalue weighted by atomic mass is 9.93. The number of hydrogen-bond acceptors (Lipinski definition) is 5. The van der Waals surface area contributed by atoms with Crippen LogP contribution < -0.4 is 5.32 Å². The number of fused-ring (bicyclic) bond motifs is 1. The molecule has 102 valence electrons. The highest BCUT2D eigenvalue weighted by Crippen LogP contribution is 2.25. The van der Waals surface area contributed by atoms with Gasteiger partial charge in [0.05, 0.1) is 11.6 Å². The number of rotatable bonds is 3. The molecule has 1 aliphatic rings. The minimum atomic E-state index is 0.221. The van der Waals surface area contributed by atoms with Crippen molar-refractivity contribution in [3.05, 3.63) is 11.5 Å². The molecule has 19 heavy (non-hydrogen) atoms. The van der Waals surface area contributed by atoms with Gasteiger partial charge in [0.25, 0.3) is 0 Å². The Morgan fingerprint density at radius 2 is 2.21 bits per heavy atom. The molecule has 0 aliphatic carbocycles. The number of aromatic amines is 1. The Morgan fingerprint density at radius 3 is 3.00 bits per heavy atom. The summed E-state index contributed by atoms with van der Waals surface area (Å²) in [6.07, 6.45) is 3.85. The molecule has 2 aromatic heterocycles. The molecule has 2 aromatic rings. The first-order chi connectivity index (χ1) is 9.24. The Balaban J connectivity index is 1.82. The highest BCUT2D eigenvalue weighted by Gasteiger charge is 2.21. The predicted octanol–water partition coefficient (Wildman–Crippen LogP) is 2.23. The van der Waals surface area contributed by atoms with Crippen molar-refractivity contribution >= 4 is 28.5 Å². The zero-order valence-electron chi connectivity index (χ0n) is 10.7. The molecule has 3 rings (SSSR count). The highest BCUT2D eigenvalue weighted by atomic mass is 35.5. The summed E-state index contributed by atoms with van der Waals surface area (Å²) in [4.78, 5) is 8.35. The fourth-order valence-corrected chi connectivity index (χ4v) is 2.64. The molecule has 1 unspecified atom stereocenters. The maximum absolute atomic E-state index is 5.92. The normalized spacial score (nSPS) is 18.6. The van der Waals surface area contributed by atoms with E-state index in [4.69, 9.17) is 16.3 Å². The number of aromatic nitrogens is 4. The molecule has 7 heteroatoms. The summed E-state index contributed by atoms with van der Waals surface area (Å²) < 4.78 is 5.39. The Bertz CT molecular complexity index is 566. The summed E-state index contributed by atoms with van der Waals surface area (Å²) in [6.45, 7) is 3.84. The lowest BCUT2D eigenvalue weighted by Gasteiger charge is -2.28. The minimum absolute atomic E-state index is 0.221. The molecule has 1 atom stereocenters. The molecule has 1 saturated heterocycles. The minimum Gasteiger partial charge on any atom is -0.381 e. The van der Waals surface area contributed by atoms with E-state index < -0.39 is 0 Å². The van der Waals surface area contributed by atoms with Gasteiger partial charge in [-0.1, -0.05) is 0 Å². The van der Waals surface area contributed by atoms with Crippen LogP contribution >= 0.6 is 11.6 Å². The number of halogens is 1. The van der Waals surface area contributed by atoms with Crippen LogP contribution in [0.1, 0.15) is 19.8 Å².